The van der Waals surface area contributed by atoms with Gasteiger partial charge in [0, 0.05) is 23.7 Å². The van der Waals surface area contributed by atoms with Crippen molar-refractivity contribution in [3.05, 3.63) is 36.2 Å². The van der Waals surface area contributed by atoms with Crippen molar-refractivity contribution in [2.24, 2.45) is 0 Å². The van der Waals surface area contributed by atoms with Crippen LogP contribution >= 0.6 is 0 Å². The molecule has 0 aliphatic heterocycles. The Balaban J connectivity index is 2.20. The van der Waals surface area contributed by atoms with Crippen molar-refractivity contribution in [2.45, 2.75) is 19.3 Å². The van der Waals surface area contributed by atoms with E-state index in [-0.39, 0.29) is 0 Å². The Morgan fingerprint density at radius 1 is 1.27 bits per heavy atom. The Bertz CT molecular complexity index is 497. The molecule has 0 atom stereocenters. The van der Waals surface area contributed by atoms with Crippen LogP contribution in [0, 0.1) is 12.3 Å². The average molecular weight is 196 g/mol. The molecule has 0 saturated heterocycles. The van der Waals surface area contributed by atoms with E-state index in [9.17, 15) is 0 Å². The number of aromatic nitrogens is 2. The molecule has 2 heteroatoms. The van der Waals surface area contributed by atoms with Gasteiger partial charge in [0.1, 0.15) is 0 Å². The van der Waals surface area contributed by atoms with Crippen LogP contribution in [0.5, 0.6) is 0 Å². The predicted molar refractivity (Wildman–Crippen MR) is 61.3 cm³/mol. The van der Waals surface area contributed by atoms with Crippen molar-refractivity contribution in [2.75, 3.05) is 0 Å². The molecule has 0 aliphatic rings. The monoisotopic (exact) mass is 196 g/mol. The molecule has 0 bridgehead atoms. The third kappa shape index (κ3) is 2.32. The van der Waals surface area contributed by atoms with E-state index in [1.165, 1.54) is 0 Å². The first-order valence-electron chi connectivity index (χ1n) is 5.04. The van der Waals surface area contributed by atoms with Gasteiger partial charge >= 0.3 is 0 Å². The zero-order valence-corrected chi connectivity index (χ0v) is 8.48. The molecule has 2 rings (SSSR count). The minimum absolute atomic E-state index is 0.807. The molecular weight excluding hydrogens is 184 g/mol. The van der Waals surface area contributed by atoms with Crippen LogP contribution in [0.1, 0.15) is 18.5 Å². The average Bonchev–Trinajstić information content (AvgIpc) is 2.29. The number of nitrogens with zero attached hydrogens (tertiary/aromatic N) is 2. The van der Waals surface area contributed by atoms with Crippen LogP contribution in [0.25, 0.3) is 11.0 Å². The van der Waals surface area contributed by atoms with Gasteiger partial charge in [-0.3, -0.25) is 0 Å². The van der Waals surface area contributed by atoms with Crippen molar-refractivity contribution >= 4 is 11.0 Å². The maximum Gasteiger partial charge on any atom is 0.159 e. The molecule has 0 spiro atoms. The zero-order chi connectivity index (χ0) is 10.5. The molecule has 2 aromatic heterocycles. The Hall–Kier alpha value is -1.88. The van der Waals surface area contributed by atoms with Crippen LogP contribution in [-0.4, -0.2) is 9.97 Å². The van der Waals surface area contributed by atoms with E-state index < -0.39 is 0 Å². The summed E-state index contributed by atoms with van der Waals surface area (Å²) in [6.07, 6.45) is 9.69. The smallest absolute Gasteiger partial charge is 0.159 e. The van der Waals surface area contributed by atoms with Gasteiger partial charge in [0.05, 0.1) is 0 Å². The highest BCUT2D eigenvalue weighted by atomic mass is 14.8. The summed E-state index contributed by atoms with van der Waals surface area (Å²) in [7, 11) is 0. The lowest BCUT2D eigenvalue weighted by Gasteiger charge is -2.00. The van der Waals surface area contributed by atoms with Crippen LogP contribution in [0.15, 0.2) is 30.5 Å². The second kappa shape index (κ2) is 4.56. The van der Waals surface area contributed by atoms with Crippen LogP contribution in [-0.2, 0) is 6.42 Å². The molecule has 0 amide bonds. The van der Waals surface area contributed by atoms with Crippen molar-refractivity contribution in [1.82, 2.24) is 9.97 Å². The Morgan fingerprint density at radius 3 is 3.07 bits per heavy atom. The number of terminal acetylenes is 1. The molecule has 0 N–H and O–H groups in total. The second-order valence-corrected chi connectivity index (χ2v) is 3.41. The predicted octanol–water partition coefficient (Wildman–Crippen LogP) is 2.59. The van der Waals surface area contributed by atoms with Gasteiger partial charge in [-0.15, -0.1) is 12.3 Å². The van der Waals surface area contributed by atoms with Crippen LogP contribution in [0.3, 0.4) is 0 Å². The van der Waals surface area contributed by atoms with Crippen molar-refractivity contribution in [3.8, 4) is 12.3 Å². The molecule has 2 heterocycles. The van der Waals surface area contributed by atoms with Crippen LogP contribution < -0.4 is 0 Å². The number of hydrogen-bond acceptors (Lipinski definition) is 2. The summed E-state index contributed by atoms with van der Waals surface area (Å²) >= 11 is 0. The largest absolute Gasteiger partial charge is 0.237 e. The van der Waals surface area contributed by atoms with Gasteiger partial charge in [-0.2, -0.15) is 0 Å². The zero-order valence-electron chi connectivity index (χ0n) is 8.48. The highest BCUT2D eigenvalue weighted by Gasteiger charge is 1.98. The summed E-state index contributed by atoms with van der Waals surface area (Å²) in [4.78, 5) is 8.69. The lowest BCUT2D eigenvalue weighted by Crippen LogP contribution is -1.91. The first kappa shape index (κ1) is 9.67. The fraction of sp³-hybridized carbons (Fsp3) is 0.231. The Kier molecular flexibility index (Phi) is 2.94. The van der Waals surface area contributed by atoms with Crippen LogP contribution in [0.2, 0.25) is 0 Å². The summed E-state index contributed by atoms with van der Waals surface area (Å²) in [6, 6.07) is 8.03. The fourth-order valence-electron chi connectivity index (χ4n) is 1.50. The second-order valence-electron chi connectivity index (χ2n) is 3.41. The molecule has 0 unspecified atom stereocenters. The van der Waals surface area contributed by atoms with Crippen molar-refractivity contribution in [1.29, 1.82) is 0 Å². The number of pyridine rings is 2. The van der Waals surface area contributed by atoms with Gasteiger partial charge in [0.2, 0.25) is 0 Å². The van der Waals surface area contributed by atoms with E-state index in [2.05, 4.69) is 22.0 Å². The van der Waals surface area contributed by atoms with Crippen molar-refractivity contribution < 1.29 is 0 Å². The maximum absolute atomic E-state index is 5.20. The number of rotatable bonds is 3. The number of aryl methyl sites for hydroxylation is 1. The van der Waals surface area contributed by atoms with E-state index in [1.54, 1.807) is 6.20 Å². The van der Waals surface area contributed by atoms with Gasteiger partial charge in [0.15, 0.2) is 5.65 Å². The maximum atomic E-state index is 5.20. The Labute approximate surface area is 89.4 Å². The molecule has 15 heavy (non-hydrogen) atoms. The fourth-order valence-corrected chi connectivity index (χ4v) is 1.50. The summed E-state index contributed by atoms with van der Waals surface area (Å²) in [5.41, 5.74) is 1.88. The minimum Gasteiger partial charge on any atom is -0.237 e. The molecule has 0 aromatic carbocycles. The van der Waals surface area contributed by atoms with Crippen LogP contribution in [0.4, 0.5) is 0 Å². The molecule has 74 valence electrons. The normalized spacial score (nSPS) is 10.1. The van der Waals surface area contributed by atoms with Gasteiger partial charge < -0.3 is 0 Å². The third-order valence-electron chi connectivity index (χ3n) is 2.28. The molecule has 2 aromatic rings. The third-order valence-corrected chi connectivity index (χ3v) is 2.28. The van der Waals surface area contributed by atoms with Gasteiger partial charge in [0.25, 0.3) is 0 Å². The first-order chi connectivity index (χ1) is 7.40. The quantitative estimate of drug-likeness (QED) is 0.557. The minimum atomic E-state index is 0.807. The van der Waals surface area contributed by atoms with Gasteiger partial charge in [-0.1, -0.05) is 0 Å². The molecule has 2 nitrogen and oxygen atoms in total. The number of hydrogen-bond donors (Lipinski definition) is 0. The highest BCUT2D eigenvalue weighted by Crippen LogP contribution is 2.10. The number of unbranched alkanes of at least 4 members (excludes halogenated alkanes) is 1. The molecule has 0 saturated carbocycles. The lowest BCUT2D eigenvalue weighted by molar-refractivity contribution is 0.834. The molecule has 0 aliphatic carbocycles. The lowest BCUT2D eigenvalue weighted by atomic mass is 10.1. The topological polar surface area (TPSA) is 25.8 Å². The SMILES string of the molecule is C#CCCCc1ccc2cccnc2n1. The summed E-state index contributed by atoms with van der Waals surface area (Å²) in [5, 5.41) is 1.08. The molecule has 0 radical (unpaired) electrons. The first-order valence-corrected chi connectivity index (χ1v) is 5.04. The summed E-state index contributed by atoms with van der Waals surface area (Å²) in [5.74, 6) is 2.63. The summed E-state index contributed by atoms with van der Waals surface area (Å²) < 4.78 is 0. The molecule has 0 fully saturated rings. The summed E-state index contributed by atoms with van der Waals surface area (Å²) in [6.45, 7) is 0. The highest BCUT2D eigenvalue weighted by molar-refractivity contribution is 5.74. The van der Waals surface area contributed by atoms with Gasteiger partial charge in [-0.05, 0) is 37.1 Å². The van der Waals surface area contributed by atoms with Crippen molar-refractivity contribution in [3.63, 3.8) is 0 Å². The van der Waals surface area contributed by atoms with Gasteiger partial charge in [-0.25, -0.2) is 9.97 Å². The standard InChI is InChI=1S/C13H12N2/c1-2-3-4-7-12-9-8-11-6-5-10-14-13(11)15-12/h1,5-6,8-10H,3-4,7H2. The number of fused-ring (bicyclic) bond motifs is 1. The van der Waals surface area contributed by atoms with E-state index in [4.69, 9.17) is 6.42 Å². The van der Waals surface area contributed by atoms with E-state index in [0.29, 0.717) is 0 Å². The van der Waals surface area contributed by atoms with E-state index >= 15 is 0 Å². The molecular formula is C13H12N2. The Morgan fingerprint density at radius 2 is 2.20 bits per heavy atom. The van der Waals surface area contributed by atoms with E-state index in [1.807, 2.05) is 18.2 Å². The van der Waals surface area contributed by atoms with E-state index in [0.717, 1.165) is 36.0 Å².